The Morgan fingerprint density at radius 1 is 0.913 bits per heavy atom. The summed E-state index contributed by atoms with van der Waals surface area (Å²) in [5, 5.41) is 15.5. The van der Waals surface area contributed by atoms with Crippen LogP contribution < -0.4 is 10.6 Å². The number of hydrogen-bond acceptors (Lipinski definition) is 5. The first-order valence-electron chi connectivity index (χ1n) is 6.86. The summed E-state index contributed by atoms with van der Waals surface area (Å²) in [6, 6.07) is 13.0. The van der Waals surface area contributed by atoms with Crippen LogP contribution in [0.3, 0.4) is 0 Å². The van der Waals surface area contributed by atoms with E-state index in [-0.39, 0.29) is 0 Å². The highest BCUT2D eigenvalue weighted by atomic mass is 35.5. The van der Waals surface area contributed by atoms with Gasteiger partial charge in [0, 0.05) is 21.4 Å². The summed E-state index contributed by atoms with van der Waals surface area (Å²) < 4.78 is 0. The lowest BCUT2D eigenvalue weighted by Gasteiger charge is -2.08. The average molecular weight is 346 g/mol. The van der Waals surface area contributed by atoms with Gasteiger partial charge in [0.25, 0.3) is 0 Å². The van der Waals surface area contributed by atoms with Gasteiger partial charge in [-0.05, 0) is 48.9 Å². The van der Waals surface area contributed by atoms with E-state index in [4.69, 9.17) is 23.2 Å². The third kappa shape index (κ3) is 4.09. The smallest absolute Gasteiger partial charge is 0.249 e. The van der Waals surface area contributed by atoms with Gasteiger partial charge in [-0.1, -0.05) is 29.3 Å². The molecule has 0 fully saturated rings. The molecular weight excluding hydrogens is 333 g/mol. The first-order chi connectivity index (χ1) is 11.1. The van der Waals surface area contributed by atoms with Gasteiger partial charge in [-0.3, -0.25) is 0 Å². The summed E-state index contributed by atoms with van der Waals surface area (Å²) in [6.07, 6.45) is 1.54. The zero-order valence-electron chi connectivity index (χ0n) is 12.2. The van der Waals surface area contributed by atoms with Crippen LogP contribution in [-0.2, 0) is 0 Å². The summed E-state index contributed by atoms with van der Waals surface area (Å²) in [6.45, 7) is 1.95. The van der Waals surface area contributed by atoms with Crippen molar-refractivity contribution in [3.8, 4) is 0 Å². The molecule has 3 aromatic rings. The largest absolute Gasteiger partial charge is 0.339 e. The zero-order valence-corrected chi connectivity index (χ0v) is 13.7. The lowest BCUT2D eigenvalue weighted by Crippen LogP contribution is -2.02. The van der Waals surface area contributed by atoms with Crippen LogP contribution in [-0.4, -0.2) is 15.2 Å². The molecule has 7 heteroatoms. The first-order valence-corrected chi connectivity index (χ1v) is 7.61. The molecule has 5 nitrogen and oxygen atoms in total. The van der Waals surface area contributed by atoms with Crippen molar-refractivity contribution < 1.29 is 0 Å². The second-order valence-corrected chi connectivity index (χ2v) is 5.73. The average Bonchev–Trinajstić information content (AvgIpc) is 2.54. The first kappa shape index (κ1) is 15.5. The van der Waals surface area contributed by atoms with Crippen LogP contribution in [0.15, 0.2) is 48.7 Å². The molecule has 0 radical (unpaired) electrons. The van der Waals surface area contributed by atoms with E-state index in [1.165, 1.54) is 0 Å². The van der Waals surface area contributed by atoms with E-state index >= 15 is 0 Å². The molecule has 23 heavy (non-hydrogen) atoms. The number of aromatic nitrogens is 3. The molecule has 3 rings (SSSR count). The quantitative estimate of drug-likeness (QED) is 0.698. The number of nitrogens with zero attached hydrogens (tertiary/aromatic N) is 3. The van der Waals surface area contributed by atoms with Gasteiger partial charge in [0.05, 0.1) is 6.20 Å². The Morgan fingerprint density at radius 2 is 1.65 bits per heavy atom. The van der Waals surface area contributed by atoms with Crippen LogP contribution in [0.5, 0.6) is 0 Å². The lowest BCUT2D eigenvalue weighted by atomic mass is 10.2. The van der Waals surface area contributed by atoms with Crippen LogP contribution in [0, 0.1) is 6.92 Å². The minimum absolute atomic E-state index is 0.379. The number of anilines is 4. The Bertz CT molecular complexity index is 821. The molecule has 2 N–H and O–H groups in total. The Hall–Kier alpha value is -2.37. The fraction of sp³-hybridized carbons (Fsp3) is 0.0625. The van der Waals surface area contributed by atoms with Crippen LogP contribution in [0.2, 0.25) is 10.0 Å². The summed E-state index contributed by atoms with van der Waals surface area (Å²) >= 11 is 12.0. The molecule has 1 aromatic heterocycles. The van der Waals surface area contributed by atoms with Crippen molar-refractivity contribution in [2.75, 3.05) is 10.6 Å². The van der Waals surface area contributed by atoms with Crippen molar-refractivity contribution in [2.45, 2.75) is 6.92 Å². The zero-order chi connectivity index (χ0) is 16.2. The fourth-order valence-corrected chi connectivity index (χ4v) is 2.20. The minimum atomic E-state index is 0.379. The summed E-state index contributed by atoms with van der Waals surface area (Å²) in [5.74, 6) is 0.951. The standard InChI is InChI=1S/C16H13Cl2N5/c1-10-2-5-13(8-14(10)18)21-16-22-15(9-19-23-16)20-12-6-3-11(17)4-7-12/h2-9H,1H3,(H2,20,21,22,23). The van der Waals surface area contributed by atoms with Crippen molar-refractivity contribution >= 4 is 46.3 Å². The molecule has 0 atom stereocenters. The summed E-state index contributed by atoms with van der Waals surface area (Å²) in [4.78, 5) is 4.37. The lowest BCUT2D eigenvalue weighted by molar-refractivity contribution is 0.982. The third-order valence-electron chi connectivity index (χ3n) is 3.10. The van der Waals surface area contributed by atoms with Crippen LogP contribution in [0.1, 0.15) is 5.56 Å². The monoisotopic (exact) mass is 345 g/mol. The second kappa shape index (κ2) is 6.81. The van der Waals surface area contributed by atoms with Crippen LogP contribution in [0.25, 0.3) is 0 Å². The van der Waals surface area contributed by atoms with Crippen molar-refractivity contribution in [1.29, 1.82) is 0 Å². The highest BCUT2D eigenvalue weighted by Crippen LogP contribution is 2.22. The highest BCUT2D eigenvalue weighted by molar-refractivity contribution is 6.31. The number of hydrogen-bond donors (Lipinski definition) is 2. The number of nitrogens with one attached hydrogen (secondary N) is 2. The third-order valence-corrected chi connectivity index (χ3v) is 3.76. The van der Waals surface area contributed by atoms with E-state index in [0.717, 1.165) is 16.9 Å². The van der Waals surface area contributed by atoms with Gasteiger partial charge in [0.2, 0.25) is 5.95 Å². The summed E-state index contributed by atoms with van der Waals surface area (Å²) in [5.41, 5.74) is 2.67. The maximum atomic E-state index is 6.11. The minimum Gasteiger partial charge on any atom is -0.339 e. The number of halogens is 2. The van der Waals surface area contributed by atoms with Crippen LogP contribution >= 0.6 is 23.2 Å². The van der Waals surface area contributed by atoms with Crippen molar-refractivity contribution in [1.82, 2.24) is 15.2 Å². The van der Waals surface area contributed by atoms with E-state index in [0.29, 0.717) is 21.8 Å². The topological polar surface area (TPSA) is 62.7 Å². The molecule has 0 aliphatic carbocycles. The molecule has 0 saturated carbocycles. The number of rotatable bonds is 4. The SMILES string of the molecule is Cc1ccc(Nc2nncc(Nc3ccc(Cl)cc3)n2)cc1Cl. The molecule has 0 aliphatic rings. The Labute approximate surface area is 143 Å². The second-order valence-electron chi connectivity index (χ2n) is 4.89. The van der Waals surface area contributed by atoms with Crippen molar-refractivity contribution in [2.24, 2.45) is 0 Å². The number of benzene rings is 2. The molecule has 0 amide bonds. The molecule has 0 aliphatic heterocycles. The van der Waals surface area contributed by atoms with Gasteiger partial charge in [-0.25, -0.2) is 0 Å². The van der Waals surface area contributed by atoms with E-state index in [2.05, 4.69) is 25.8 Å². The predicted molar refractivity (Wildman–Crippen MR) is 94.0 cm³/mol. The summed E-state index contributed by atoms with van der Waals surface area (Å²) in [7, 11) is 0. The van der Waals surface area contributed by atoms with E-state index in [1.54, 1.807) is 18.3 Å². The van der Waals surface area contributed by atoms with Crippen molar-refractivity contribution in [3.63, 3.8) is 0 Å². The molecule has 0 unspecified atom stereocenters. The maximum Gasteiger partial charge on any atom is 0.249 e. The van der Waals surface area contributed by atoms with E-state index in [1.807, 2.05) is 37.3 Å². The maximum absolute atomic E-state index is 6.11. The van der Waals surface area contributed by atoms with E-state index < -0.39 is 0 Å². The van der Waals surface area contributed by atoms with Gasteiger partial charge < -0.3 is 10.6 Å². The van der Waals surface area contributed by atoms with Gasteiger partial charge in [0.1, 0.15) is 0 Å². The predicted octanol–water partition coefficient (Wildman–Crippen LogP) is 4.97. The molecule has 2 aromatic carbocycles. The van der Waals surface area contributed by atoms with E-state index in [9.17, 15) is 0 Å². The Balaban J connectivity index is 1.76. The fourth-order valence-electron chi connectivity index (χ4n) is 1.90. The van der Waals surface area contributed by atoms with Crippen LogP contribution in [0.4, 0.5) is 23.1 Å². The molecule has 0 spiro atoms. The molecule has 1 heterocycles. The van der Waals surface area contributed by atoms with Gasteiger partial charge in [-0.2, -0.15) is 10.1 Å². The van der Waals surface area contributed by atoms with Gasteiger partial charge in [-0.15, -0.1) is 5.10 Å². The molecule has 0 bridgehead atoms. The molecule has 116 valence electrons. The number of aryl methyl sites for hydroxylation is 1. The van der Waals surface area contributed by atoms with Crippen molar-refractivity contribution in [3.05, 3.63) is 64.3 Å². The highest BCUT2D eigenvalue weighted by Gasteiger charge is 2.04. The van der Waals surface area contributed by atoms with Gasteiger partial charge >= 0.3 is 0 Å². The Kier molecular flexibility index (Phi) is 4.60. The molecular formula is C16H13Cl2N5. The normalized spacial score (nSPS) is 10.4. The molecule has 0 saturated heterocycles. The Morgan fingerprint density at radius 3 is 2.39 bits per heavy atom. The van der Waals surface area contributed by atoms with Gasteiger partial charge in [0.15, 0.2) is 5.82 Å².